The van der Waals surface area contributed by atoms with Gasteiger partial charge in [-0.1, -0.05) is 12.1 Å². The fourth-order valence-corrected chi connectivity index (χ4v) is 2.39. The van der Waals surface area contributed by atoms with Gasteiger partial charge >= 0.3 is 0 Å². The van der Waals surface area contributed by atoms with Crippen LogP contribution in [-0.4, -0.2) is 27.9 Å². The Morgan fingerprint density at radius 2 is 2.04 bits per heavy atom. The van der Waals surface area contributed by atoms with Crippen LogP contribution in [0, 0.1) is 5.82 Å². The van der Waals surface area contributed by atoms with Gasteiger partial charge < -0.3 is 9.73 Å². The summed E-state index contributed by atoms with van der Waals surface area (Å²) in [6.07, 6.45) is 3.48. The fourth-order valence-electron chi connectivity index (χ4n) is 2.39. The van der Waals surface area contributed by atoms with E-state index in [0.29, 0.717) is 30.7 Å². The molecule has 0 aliphatic heterocycles. The zero-order valence-electron chi connectivity index (χ0n) is 14.0. The minimum atomic E-state index is -0.242. The molecule has 0 spiro atoms. The summed E-state index contributed by atoms with van der Waals surface area (Å²) in [6, 6.07) is 7.01. The number of benzene rings is 1. The summed E-state index contributed by atoms with van der Waals surface area (Å²) >= 11 is 0. The maximum absolute atomic E-state index is 13.0. The second kappa shape index (κ2) is 7.13. The highest BCUT2D eigenvalue weighted by Gasteiger charge is 2.25. The van der Waals surface area contributed by atoms with E-state index < -0.39 is 0 Å². The predicted octanol–water partition coefficient (Wildman–Crippen LogP) is 3.12. The Kier molecular flexibility index (Phi) is 4.94. The van der Waals surface area contributed by atoms with Crippen LogP contribution in [0.25, 0.3) is 0 Å². The lowest BCUT2D eigenvalue weighted by molar-refractivity contribution is 0.0946. The number of carbonyl (C=O) groups is 1. The van der Waals surface area contributed by atoms with Crippen LogP contribution in [0.15, 0.2) is 34.9 Å². The first-order valence-corrected chi connectivity index (χ1v) is 8.25. The molecule has 1 saturated carbocycles. The van der Waals surface area contributed by atoms with E-state index in [4.69, 9.17) is 4.42 Å². The van der Waals surface area contributed by atoms with Crippen LogP contribution in [-0.2, 0) is 13.1 Å². The maximum Gasteiger partial charge on any atom is 0.273 e. The Bertz CT molecular complexity index is 693. The van der Waals surface area contributed by atoms with Gasteiger partial charge in [0.25, 0.3) is 5.91 Å². The number of rotatable bonds is 7. The summed E-state index contributed by atoms with van der Waals surface area (Å²) < 4.78 is 18.5. The average molecular weight is 331 g/mol. The molecule has 1 amide bonds. The third-order valence-corrected chi connectivity index (χ3v) is 4.06. The highest BCUT2D eigenvalue weighted by atomic mass is 19.1. The Morgan fingerprint density at radius 3 is 2.67 bits per heavy atom. The van der Waals surface area contributed by atoms with Crippen LogP contribution in [0.2, 0.25) is 0 Å². The second-order valence-electron chi connectivity index (χ2n) is 6.50. The number of hydrogen-bond donors (Lipinski definition) is 1. The first kappa shape index (κ1) is 16.6. The fraction of sp³-hybridized carbons (Fsp3) is 0.444. The molecule has 6 heteroatoms. The minimum absolute atomic E-state index is 0.179. The standard InChI is InChI=1S/C18H22FN3O2/c1-12(2)22(9-13-3-5-14(19)6-4-13)10-17-21-16(11-24-17)18(23)20-15-7-8-15/h3-6,11-12,15H,7-10H2,1-2H3,(H,20,23). The highest BCUT2D eigenvalue weighted by Crippen LogP contribution is 2.19. The SMILES string of the molecule is CC(C)N(Cc1ccc(F)cc1)Cc1nc(C(=O)NC2CC2)co1. The number of oxazole rings is 1. The monoisotopic (exact) mass is 331 g/mol. The predicted molar refractivity (Wildman–Crippen MR) is 87.8 cm³/mol. The van der Waals surface area contributed by atoms with E-state index in [2.05, 4.69) is 29.0 Å². The number of carbonyl (C=O) groups excluding carboxylic acids is 1. The van der Waals surface area contributed by atoms with Gasteiger partial charge in [0.2, 0.25) is 5.89 Å². The molecule has 1 aliphatic rings. The molecule has 0 unspecified atom stereocenters. The van der Waals surface area contributed by atoms with Crippen LogP contribution in [0.1, 0.15) is 48.6 Å². The summed E-state index contributed by atoms with van der Waals surface area (Å²) in [7, 11) is 0. The zero-order chi connectivity index (χ0) is 17.1. The lowest BCUT2D eigenvalue weighted by atomic mass is 10.2. The lowest BCUT2D eigenvalue weighted by Crippen LogP contribution is -2.30. The molecule has 0 bridgehead atoms. The van der Waals surface area contributed by atoms with Gasteiger partial charge in [-0.15, -0.1) is 0 Å². The number of nitrogens with zero attached hydrogens (tertiary/aromatic N) is 2. The van der Waals surface area contributed by atoms with E-state index in [1.165, 1.54) is 18.4 Å². The van der Waals surface area contributed by atoms with Crippen molar-refractivity contribution in [1.82, 2.24) is 15.2 Å². The molecule has 24 heavy (non-hydrogen) atoms. The summed E-state index contributed by atoms with van der Waals surface area (Å²) in [6.45, 7) is 5.30. The number of halogens is 1. The summed E-state index contributed by atoms with van der Waals surface area (Å²) in [5.41, 5.74) is 1.34. The molecule has 0 atom stereocenters. The normalized spacial score (nSPS) is 14.4. The van der Waals surface area contributed by atoms with E-state index in [1.54, 1.807) is 12.1 Å². The Morgan fingerprint density at radius 1 is 1.33 bits per heavy atom. The van der Waals surface area contributed by atoms with Gasteiger partial charge in [0, 0.05) is 18.6 Å². The summed E-state index contributed by atoms with van der Waals surface area (Å²) in [4.78, 5) is 18.4. The first-order chi connectivity index (χ1) is 11.5. The lowest BCUT2D eigenvalue weighted by Gasteiger charge is -2.25. The largest absolute Gasteiger partial charge is 0.447 e. The van der Waals surface area contributed by atoms with E-state index in [9.17, 15) is 9.18 Å². The van der Waals surface area contributed by atoms with Crippen molar-refractivity contribution in [3.8, 4) is 0 Å². The highest BCUT2D eigenvalue weighted by molar-refractivity contribution is 5.92. The van der Waals surface area contributed by atoms with Crippen LogP contribution in [0.5, 0.6) is 0 Å². The van der Waals surface area contributed by atoms with Gasteiger partial charge in [-0.05, 0) is 44.4 Å². The minimum Gasteiger partial charge on any atom is -0.447 e. The van der Waals surface area contributed by atoms with Crippen molar-refractivity contribution in [2.75, 3.05) is 0 Å². The quantitative estimate of drug-likeness (QED) is 0.847. The molecule has 1 fully saturated rings. The molecule has 0 radical (unpaired) electrons. The Labute approximate surface area is 140 Å². The number of hydrogen-bond acceptors (Lipinski definition) is 4. The molecule has 1 heterocycles. The van der Waals surface area contributed by atoms with Crippen LogP contribution >= 0.6 is 0 Å². The van der Waals surface area contributed by atoms with E-state index in [1.807, 2.05) is 0 Å². The second-order valence-corrected chi connectivity index (χ2v) is 6.50. The topological polar surface area (TPSA) is 58.4 Å². The average Bonchev–Trinajstić information content (AvgIpc) is 3.23. The van der Waals surface area contributed by atoms with E-state index >= 15 is 0 Å². The molecule has 5 nitrogen and oxygen atoms in total. The Hall–Kier alpha value is -2.21. The summed E-state index contributed by atoms with van der Waals surface area (Å²) in [5.74, 6) is 0.0859. The van der Waals surface area contributed by atoms with Gasteiger partial charge in [0.05, 0.1) is 6.54 Å². The van der Waals surface area contributed by atoms with Crippen LogP contribution in [0.4, 0.5) is 4.39 Å². The maximum atomic E-state index is 13.0. The molecule has 1 aromatic heterocycles. The van der Waals surface area contributed by atoms with Crippen molar-refractivity contribution in [2.24, 2.45) is 0 Å². The molecule has 1 N–H and O–H groups in total. The van der Waals surface area contributed by atoms with Crippen molar-refractivity contribution >= 4 is 5.91 Å². The van der Waals surface area contributed by atoms with Gasteiger partial charge in [-0.25, -0.2) is 9.37 Å². The Balaban J connectivity index is 1.63. The van der Waals surface area contributed by atoms with Crippen LogP contribution in [0.3, 0.4) is 0 Å². The molecule has 128 valence electrons. The van der Waals surface area contributed by atoms with Crippen molar-refractivity contribution in [2.45, 2.75) is 51.9 Å². The molecule has 1 aliphatic carbocycles. The molecular formula is C18H22FN3O2. The van der Waals surface area contributed by atoms with Gasteiger partial charge in [-0.2, -0.15) is 0 Å². The van der Waals surface area contributed by atoms with Crippen molar-refractivity contribution < 1.29 is 13.6 Å². The van der Waals surface area contributed by atoms with Gasteiger partial charge in [-0.3, -0.25) is 9.69 Å². The van der Waals surface area contributed by atoms with Crippen LogP contribution < -0.4 is 5.32 Å². The number of aromatic nitrogens is 1. The smallest absolute Gasteiger partial charge is 0.273 e. The molecular weight excluding hydrogens is 309 g/mol. The molecule has 2 aromatic rings. The molecule has 1 aromatic carbocycles. The first-order valence-electron chi connectivity index (χ1n) is 8.25. The van der Waals surface area contributed by atoms with Crippen molar-refractivity contribution in [3.05, 3.63) is 53.5 Å². The molecule has 3 rings (SSSR count). The van der Waals surface area contributed by atoms with Gasteiger partial charge in [0.1, 0.15) is 12.1 Å². The third-order valence-electron chi connectivity index (χ3n) is 4.06. The molecule has 0 saturated heterocycles. The number of nitrogens with one attached hydrogen (secondary N) is 1. The third kappa shape index (κ3) is 4.41. The van der Waals surface area contributed by atoms with E-state index in [-0.39, 0.29) is 17.8 Å². The van der Waals surface area contributed by atoms with Crippen molar-refractivity contribution in [1.29, 1.82) is 0 Å². The van der Waals surface area contributed by atoms with E-state index in [0.717, 1.165) is 18.4 Å². The van der Waals surface area contributed by atoms with Gasteiger partial charge in [0.15, 0.2) is 5.69 Å². The number of amides is 1. The summed E-state index contributed by atoms with van der Waals surface area (Å²) in [5, 5.41) is 2.89. The van der Waals surface area contributed by atoms with Crippen molar-refractivity contribution in [3.63, 3.8) is 0 Å². The zero-order valence-corrected chi connectivity index (χ0v) is 14.0.